The smallest absolute Gasteiger partial charge is 0.244 e. The molecule has 4 aliphatic rings. The number of para-hydroxylation sites is 3. The van der Waals surface area contributed by atoms with E-state index in [4.69, 9.17) is 9.47 Å². The SMILES string of the molecule is CC1(C)Oc2c(O)cccc2[C@H]2O[C@H]3CCN(CC(=O)N4CC(=O)Nc5ccccc54)[C@@H]3C[C@@H]21. The van der Waals surface area contributed by atoms with E-state index in [1.54, 1.807) is 11.0 Å². The first-order valence-corrected chi connectivity index (χ1v) is 11.9. The van der Waals surface area contributed by atoms with Crippen molar-refractivity contribution in [2.24, 2.45) is 5.92 Å². The zero-order chi connectivity index (χ0) is 23.6. The molecule has 0 saturated carbocycles. The Labute approximate surface area is 198 Å². The number of nitrogens with zero attached hydrogens (tertiary/aromatic N) is 2. The van der Waals surface area contributed by atoms with E-state index in [0.29, 0.717) is 11.4 Å². The summed E-state index contributed by atoms with van der Waals surface area (Å²) in [4.78, 5) is 29.3. The number of hydrogen-bond acceptors (Lipinski definition) is 6. The molecule has 0 radical (unpaired) electrons. The third kappa shape index (κ3) is 3.35. The van der Waals surface area contributed by atoms with Gasteiger partial charge in [0, 0.05) is 24.1 Å². The van der Waals surface area contributed by atoms with Crippen molar-refractivity contribution in [3.05, 3.63) is 48.0 Å². The van der Waals surface area contributed by atoms with Crippen molar-refractivity contribution in [2.75, 3.05) is 29.9 Å². The number of phenolic OH excluding ortho intramolecular Hbond substituents is 1. The van der Waals surface area contributed by atoms with Crippen molar-refractivity contribution in [3.63, 3.8) is 0 Å². The number of rotatable bonds is 2. The number of likely N-dealkylation sites (tertiary alicyclic amines) is 1. The minimum atomic E-state index is -0.524. The van der Waals surface area contributed by atoms with Gasteiger partial charge in [0.2, 0.25) is 11.8 Å². The van der Waals surface area contributed by atoms with Gasteiger partial charge in [0.05, 0.1) is 30.1 Å². The van der Waals surface area contributed by atoms with Crippen molar-refractivity contribution in [1.29, 1.82) is 0 Å². The van der Waals surface area contributed by atoms with Crippen LogP contribution in [0.1, 0.15) is 38.4 Å². The van der Waals surface area contributed by atoms with Gasteiger partial charge >= 0.3 is 0 Å². The van der Waals surface area contributed by atoms with Crippen LogP contribution in [0.25, 0.3) is 0 Å². The van der Waals surface area contributed by atoms with Crippen LogP contribution in [0.4, 0.5) is 11.4 Å². The fraction of sp³-hybridized carbons (Fsp3) is 0.462. The van der Waals surface area contributed by atoms with Crippen LogP contribution >= 0.6 is 0 Å². The molecule has 2 N–H and O–H groups in total. The predicted octanol–water partition coefficient (Wildman–Crippen LogP) is 3.07. The molecule has 4 atom stereocenters. The van der Waals surface area contributed by atoms with Crippen molar-refractivity contribution in [2.45, 2.75) is 50.5 Å². The summed E-state index contributed by atoms with van der Waals surface area (Å²) in [5.74, 6) is 0.469. The number of hydrogen-bond donors (Lipinski definition) is 2. The van der Waals surface area contributed by atoms with E-state index in [1.165, 1.54) is 0 Å². The molecular weight excluding hydrogens is 434 g/mol. The lowest BCUT2D eigenvalue weighted by Gasteiger charge is -2.50. The topological polar surface area (TPSA) is 91.3 Å². The first kappa shape index (κ1) is 21.4. The molecule has 8 nitrogen and oxygen atoms in total. The number of benzene rings is 2. The molecule has 4 aliphatic heterocycles. The minimum absolute atomic E-state index is 0.00934. The number of anilines is 2. The second-order valence-electron chi connectivity index (χ2n) is 10.2. The van der Waals surface area contributed by atoms with Crippen LogP contribution in [0.3, 0.4) is 0 Å². The minimum Gasteiger partial charge on any atom is -0.504 e. The van der Waals surface area contributed by atoms with E-state index >= 15 is 0 Å². The molecule has 178 valence electrons. The molecule has 2 aromatic carbocycles. The second-order valence-corrected chi connectivity index (χ2v) is 10.2. The van der Waals surface area contributed by atoms with Crippen molar-refractivity contribution in [1.82, 2.24) is 4.90 Å². The number of phenols is 1. The molecule has 2 aromatic rings. The molecule has 4 heterocycles. The average molecular weight is 464 g/mol. The Kier molecular flexibility index (Phi) is 4.86. The molecule has 6 rings (SSSR count). The number of nitrogens with one attached hydrogen (secondary N) is 1. The normalized spacial score (nSPS) is 29.2. The van der Waals surface area contributed by atoms with E-state index in [2.05, 4.69) is 10.2 Å². The number of ether oxygens (including phenoxy) is 2. The summed E-state index contributed by atoms with van der Waals surface area (Å²) < 4.78 is 12.9. The molecule has 8 heteroatoms. The maximum Gasteiger partial charge on any atom is 0.244 e. The molecule has 0 spiro atoms. The van der Waals surface area contributed by atoms with Crippen LogP contribution in [0.2, 0.25) is 0 Å². The lowest BCUT2D eigenvalue weighted by molar-refractivity contribution is -0.163. The predicted molar refractivity (Wildman–Crippen MR) is 126 cm³/mol. The van der Waals surface area contributed by atoms with Gasteiger partial charge in [-0.2, -0.15) is 0 Å². The van der Waals surface area contributed by atoms with E-state index in [0.717, 1.165) is 30.6 Å². The Hall–Kier alpha value is -3.10. The summed E-state index contributed by atoms with van der Waals surface area (Å²) >= 11 is 0. The average Bonchev–Trinajstić information content (AvgIpc) is 3.20. The van der Waals surface area contributed by atoms with Gasteiger partial charge in [-0.05, 0) is 44.9 Å². The Bertz CT molecular complexity index is 1160. The lowest BCUT2D eigenvalue weighted by Crippen LogP contribution is -2.55. The first-order chi connectivity index (χ1) is 16.3. The second kappa shape index (κ2) is 7.71. The Morgan fingerprint density at radius 1 is 1.21 bits per heavy atom. The highest BCUT2D eigenvalue weighted by atomic mass is 16.5. The third-order valence-corrected chi connectivity index (χ3v) is 7.78. The van der Waals surface area contributed by atoms with Crippen LogP contribution in [-0.4, -0.2) is 59.2 Å². The largest absolute Gasteiger partial charge is 0.504 e. The Morgan fingerprint density at radius 3 is 2.88 bits per heavy atom. The molecule has 0 unspecified atom stereocenters. The maximum atomic E-state index is 13.4. The van der Waals surface area contributed by atoms with Crippen molar-refractivity contribution < 1.29 is 24.2 Å². The number of amides is 2. The fourth-order valence-corrected chi connectivity index (χ4v) is 6.08. The van der Waals surface area contributed by atoms with E-state index < -0.39 is 5.60 Å². The van der Waals surface area contributed by atoms with Crippen LogP contribution in [0.5, 0.6) is 11.5 Å². The van der Waals surface area contributed by atoms with Gasteiger partial charge in [-0.15, -0.1) is 0 Å². The van der Waals surface area contributed by atoms with Gasteiger partial charge in [0.1, 0.15) is 12.1 Å². The molecule has 0 bridgehead atoms. The highest BCUT2D eigenvalue weighted by Crippen LogP contribution is 2.54. The molecule has 34 heavy (non-hydrogen) atoms. The molecule has 2 fully saturated rings. The van der Waals surface area contributed by atoms with E-state index in [1.807, 2.05) is 50.2 Å². The summed E-state index contributed by atoms with van der Waals surface area (Å²) in [6, 6.07) is 12.9. The molecule has 2 saturated heterocycles. The summed E-state index contributed by atoms with van der Waals surface area (Å²) in [6.07, 6.45) is 1.53. The van der Waals surface area contributed by atoms with Crippen LogP contribution in [0, 0.1) is 5.92 Å². The molecule has 0 aromatic heterocycles. The Morgan fingerprint density at radius 2 is 2.03 bits per heavy atom. The molecule has 2 amide bonds. The first-order valence-electron chi connectivity index (χ1n) is 11.9. The monoisotopic (exact) mass is 463 g/mol. The number of carbonyl (C=O) groups excluding carboxylic acids is 2. The van der Waals surface area contributed by atoms with Crippen LogP contribution in [0.15, 0.2) is 42.5 Å². The number of carbonyl (C=O) groups is 2. The van der Waals surface area contributed by atoms with Crippen molar-refractivity contribution in [3.8, 4) is 11.5 Å². The lowest BCUT2D eigenvalue weighted by atomic mass is 9.74. The van der Waals surface area contributed by atoms with Gasteiger partial charge in [0.25, 0.3) is 0 Å². The number of fused-ring (bicyclic) bond motifs is 5. The Balaban J connectivity index is 1.23. The van der Waals surface area contributed by atoms with Crippen LogP contribution < -0.4 is 15.0 Å². The van der Waals surface area contributed by atoms with Crippen LogP contribution in [-0.2, 0) is 14.3 Å². The zero-order valence-electron chi connectivity index (χ0n) is 19.4. The number of aromatic hydroxyl groups is 1. The summed E-state index contributed by atoms with van der Waals surface area (Å²) in [7, 11) is 0. The van der Waals surface area contributed by atoms with Gasteiger partial charge in [-0.3, -0.25) is 19.4 Å². The van der Waals surface area contributed by atoms with E-state index in [-0.39, 0.29) is 54.8 Å². The molecular formula is C26H29N3O5. The maximum absolute atomic E-state index is 13.4. The van der Waals surface area contributed by atoms with E-state index in [9.17, 15) is 14.7 Å². The summed E-state index contributed by atoms with van der Waals surface area (Å²) in [5, 5.41) is 13.2. The van der Waals surface area contributed by atoms with Gasteiger partial charge in [0.15, 0.2) is 11.5 Å². The summed E-state index contributed by atoms with van der Waals surface area (Å²) in [6.45, 7) is 5.10. The quantitative estimate of drug-likeness (QED) is 0.711. The highest BCUT2D eigenvalue weighted by molar-refractivity contribution is 6.10. The third-order valence-electron chi connectivity index (χ3n) is 7.78. The zero-order valence-corrected chi connectivity index (χ0v) is 19.4. The standard InChI is InChI=1S/C26H29N3O5/c1-26(2)16-12-19-21(33-24(16)15-6-5-9-20(30)25(15)34-26)10-11-28(19)14-23(32)29-13-22(31)27-17-7-3-4-8-18(17)29/h3-9,16,19,21,24,30H,10-14H2,1-2H3,(H,27,31)/t16-,19+,21-,24+/m0/s1. The fourth-order valence-electron chi connectivity index (χ4n) is 6.08. The highest BCUT2D eigenvalue weighted by Gasteiger charge is 2.53. The van der Waals surface area contributed by atoms with Gasteiger partial charge in [-0.1, -0.05) is 24.3 Å². The van der Waals surface area contributed by atoms with Crippen molar-refractivity contribution >= 4 is 23.2 Å². The van der Waals surface area contributed by atoms with Gasteiger partial charge in [-0.25, -0.2) is 0 Å². The van der Waals surface area contributed by atoms with Gasteiger partial charge < -0.3 is 19.9 Å². The molecule has 0 aliphatic carbocycles. The summed E-state index contributed by atoms with van der Waals surface area (Å²) in [5.41, 5.74) is 1.77.